The molecule has 0 aromatic heterocycles. The lowest BCUT2D eigenvalue weighted by atomic mass is 10.0. The highest BCUT2D eigenvalue weighted by Gasteiger charge is 2.13. The van der Waals surface area contributed by atoms with Gasteiger partial charge in [-0.15, -0.1) is 0 Å². The third-order valence-electron chi connectivity index (χ3n) is 4.04. The topological polar surface area (TPSA) is 20.3 Å². The molecule has 0 bridgehead atoms. The largest absolute Gasteiger partial charge is 0.332 e. The first-order valence-electron chi connectivity index (χ1n) is 7.26. The van der Waals surface area contributed by atoms with E-state index in [1.165, 1.54) is 36.8 Å². The van der Waals surface area contributed by atoms with Gasteiger partial charge in [0.15, 0.2) is 0 Å². The Labute approximate surface area is 114 Å². The number of ketones is 1. The summed E-state index contributed by atoms with van der Waals surface area (Å²) in [6, 6.07) is 9.08. The minimum atomic E-state index is -0.0414. The number of carbonyl (C=O) groups is 1. The molecular formula is C17H19NO. The van der Waals surface area contributed by atoms with Crippen molar-refractivity contribution < 1.29 is 4.79 Å². The molecule has 0 unspecified atom stereocenters. The number of likely N-dealkylation sites (tertiary alicyclic amines) is 1. The minimum Gasteiger partial charge on any atom is -0.332 e. The molecule has 0 radical (unpaired) electrons. The van der Waals surface area contributed by atoms with Crippen molar-refractivity contribution in [3.05, 3.63) is 34.9 Å². The van der Waals surface area contributed by atoms with Gasteiger partial charge in [0.1, 0.15) is 0 Å². The zero-order chi connectivity index (χ0) is 13.1. The lowest BCUT2D eigenvalue weighted by molar-refractivity contribution is 0.105. The summed E-state index contributed by atoms with van der Waals surface area (Å²) in [6.45, 7) is 2.01. The molecule has 2 heteroatoms. The number of aryl methyl sites for hydroxylation is 2. The van der Waals surface area contributed by atoms with Crippen molar-refractivity contribution in [2.45, 2.75) is 38.5 Å². The molecule has 1 aromatic rings. The van der Waals surface area contributed by atoms with Crippen molar-refractivity contribution in [1.29, 1.82) is 0 Å². The normalized spacial score (nSPS) is 17.6. The highest BCUT2D eigenvalue weighted by molar-refractivity contribution is 6.09. The summed E-state index contributed by atoms with van der Waals surface area (Å²) in [5, 5.41) is 0. The van der Waals surface area contributed by atoms with Gasteiger partial charge in [-0.25, -0.2) is 0 Å². The Hall–Kier alpha value is -1.75. The zero-order valence-corrected chi connectivity index (χ0v) is 11.2. The average Bonchev–Trinajstić information content (AvgIpc) is 2.93. The first-order valence-corrected chi connectivity index (χ1v) is 7.26. The Morgan fingerprint density at radius 2 is 1.79 bits per heavy atom. The molecule has 19 heavy (non-hydrogen) atoms. The van der Waals surface area contributed by atoms with Gasteiger partial charge in [-0.1, -0.05) is 12.1 Å². The summed E-state index contributed by atoms with van der Waals surface area (Å²) in [7, 11) is 0. The van der Waals surface area contributed by atoms with Gasteiger partial charge in [0.05, 0.1) is 0 Å². The number of hydrogen-bond donors (Lipinski definition) is 0. The van der Waals surface area contributed by atoms with Crippen LogP contribution in [-0.2, 0) is 12.8 Å². The van der Waals surface area contributed by atoms with Gasteiger partial charge in [-0.2, -0.15) is 0 Å². The highest BCUT2D eigenvalue weighted by atomic mass is 16.1. The third-order valence-corrected chi connectivity index (χ3v) is 4.04. The Balaban J connectivity index is 1.71. The summed E-state index contributed by atoms with van der Waals surface area (Å²) in [4.78, 5) is 14.2. The molecule has 1 saturated heterocycles. The number of fused-ring (bicyclic) bond motifs is 1. The van der Waals surface area contributed by atoms with E-state index in [1.807, 2.05) is 12.1 Å². The van der Waals surface area contributed by atoms with Crippen LogP contribution < -0.4 is 0 Å². The van der Waals surface area contributed by atoms with Crippen molar-refractivity contribution in [1.82, 2.24) is 4.90 Å². The van der Waals surface area contributed by atoms with Gasteiger partial charge >= 0.3 is 0 Å². The van der Waals surface area contributed by atoms with Gasteiger partial charge in [0, 0.05) is 24.7 Å². The summed E-state index contributed by atoms with van der Waals surface area (Å²) in [5.74, 6) is 2.76. The molecule has 0 spiro atoms. The Bertz CT molecular complexity index is 544. The standard InChI is InChI=1S/C17H19NO/c19-17(9-12-18-10-2-1-3-11-18)16-8-7-14-5-4-6-15(14)13-16/h7-8,13H,1-6,10-11H2. The lowest BCUT2D eigenvalue weighted by Gasteiger charge is -2.21. The molecule has 0 atom stereocenters. The number of Topliss-reactive ketones (excluding diaryl/α,β-unsaturated/α-hetero) is 1. The second-order valence-electron chi connectivity index (χ2n) is 5.45. The zero-order valence-electron chi connectivity index (χ0n) is 11.2. The molecule has 2 aliphatic rings. The van der Waals surface area contributed by atoms with Crippen LogP contribution in [0, 0.1) is 12.0 Å². The van der Waals surface area contributed by atoms with Crippen LogP contribution in [-0.4, -0.2) is 23.8 Å². The average molecular weight is 253 g/mol. The molecule has 3 rings (SSSR count). The first-order chi connectivity index (χ1) is 9.33. The number of piperidine rings is 1. The fraction of sp³-hybridized carbons (Fsp3) is 0.471. The number of hydrogen-bond acceptors (Lipinski definition) is 2. The van der Waals surface area contributed by atoms with E-state index < -0.39 is 0 Å². The number of nitrogens with zero attached hydrogens (tertiary/aromatic N) is 1. The third kappa shape index (κ3) is 2.81. The molecule has 1 aliphatic heterocycles. The molecule has 1 fully saturated rings. The maximum absolute atomic E-state index is 12.1. The number of carbonyl (C=O) groups excluding carboxylic acids is 1. The molecule has 1 aromatic carbocycles. The van der Waals surface area contributed by atoms with E-state index in [2.05, 4.69) is 22.9 Å². The van der Waals surface area contributed by atoms with Crippen molar-refractivity contribution in [3.8, 4) is 12.0 Å². The van der Waals surface area contributed by atoms with E-state index in [1.54, 1.807) is 0 Å². The van der Waals surface area contributed by atoms with Crippen molar-refractivity contribution in [2.24, 2.45) is 0 Å². The summed E-state index contributed by atoms with van der Waals surface area (Å²) >= 11 is 0. The molecule has 0 saturated carbocycles. The summed E-state index contributed by atoms with van der Waals surface area (Å²) < 4.78 is 0. The van der Waals surface area contributed by atoms with Crippen LogP contribution in [0.1, 0.15) is 47.2 Å². The molecule has 0 amide bonds. The van der Waals surface area contributed by atoms with Crippen LogP contribution in [0.15, 0.2) is 18.2 Å². The fourth-order valence-electron chi connectivity index (χ4n) is 2.92. The van der Waals surface area contributed by atoms with Gasteiger partial charge in [-0.3, -0.25) is 4.79 Å². The summed E-state index contributed by atoms with van der Waals surface area (Å²) in [5.41, 5.74) is 3.50. The molecule has 1 heterocycles. The van der Waals surface area contributed by atoms with Crippen LogP contribution in [0.2, 0.25) is 0 Å². The molecule has 98 valence electrons. The molecule has 0 N–H and O–H groups in total. The van der Waals surface area contributed by atoms with E-state index >= 15 is 0 Å². The van der Waals surface area contributed by atoms with Crippen molar-refractivity contribution in [3.63, 3.8) is 0 Å². The van der Waals surface area contributed by atoms with Crippen LogP contribution in [0.25, 0.3) is 0 Å². The second-order valence-corrected chi connectivity index (χ2v) is 5.45. The van der Waals surface area contributed by atoms with Gasteiger partial charge < -0.3 is 4.90 Å². The molecular weight excluding hydrogens is 234 g/mol. The second kappa shape index (κ2) is 5.48. The van der Waals surface area contributed by atoms with Crippen molar-refractivity contribution >= 4 is 5.78 Å². The monoisotopic (exact) mass is 253 g/mol. The SMILES string of the molecule is O=C(C#CN1CCCCC1)c1ccc2c(c1)CCC2. The Morgan fingerprint density at radius 3 is 2.63 bits per heavy atom. The van der Waals surface area contributed by atoms with Crippen molar-refractivity contribution in [2.75, 3.05) is 13.1 Å². The van der Waals surface area contributed by atoms with Crippen LogP contribution >= 0.6 is 0 Å². The Morgan fingerprint density at radius 1 is 1.00 bits per heavy atom. The fourth-order valence-corrected chi connectivity index (χ4v) is 2.92. The Kier molecular flexibility index (Phi) is 3.55. The lowest BCUT2D eigenvalue weighted by Crippen LogP contribution is -2.25. The van der Waals surface area contributed by atoms with Crippen LogP contribution in [0.3, 0.4) is 0 Å². The smallest absolute Gasteiger partial charge is 0.237 e. The first kappa shape index (κ1) is 12.3. The quantitative estimate of drug-likeness (QED) is 0.566. The maximum atomic E-state index is 12.1. The van der Waals surface area contributed by atoms with E-state index in [0.717, 1.165) is 31.5 Å². The van der Waals surface area contributed by atoms with Crippen LogP contribution in [0.4, 0.5) is 0 Å². The minimum absolute atomic E-state index is 0.0414. The predicted octanol–water partition coefficient (Wildman–Crippen LogP) is 2.80. The number of benzene rings is 1. The van der Waals surface area contributed by atoms with E-state index in [-0.39, 0.29) is 5.78 Å². The van der Waals surface area contributed by atoms with Gasteiger partial charge in [0.25, 0.3) is 0 Å². The highest BCUT2D eigenvalue weighted by Crippen LogP contribution is 2.22. The maximum Gasteiger partial charge on any atom is 0.237 e. The van der Waals surface area contributed by atoms with Gasteiger partial charge in [-0.05, 0) is 61.6 Å². The molecule has 2 nitrogen and oxygen atoms in total. The van der Waals surface area contributed by atoms with Gasteiger partial charge in [0.2, 0.25) is 5.78 Å². The molecule has 1 aliphatic carbocycles. The van der Waals surface area contributed by atoms with E-state index in [0.29, 0.717) is 0 Å². The van der Waals surface area contributed by atoms with E-state index in [9.17, 15) is 4.79 Å². The van der Waals surface area contributed by atoms with E-state index in [4.69, 9.17) is 0 Å². The van der Waals surface area contributed by atoms with Crippen LogP contribution in [0.5, 0.6) is 0 Å². The predicted molar refractivity (Wildman–Crippen MR) is 76.0 cm³/mol. The summed E-state index contributed by atoms with van der Waals surface area (Å²) in [6.07, 6.45) is 7.16. The number of rotatable bonds is 1.